The summed E-state index contributed by atoms with van der Waals surface area (Å²) in [5.41, 5.74) is 2.58. The minimum absolute atomic E-state index is 0.0799. The number of pyridine rings is 1. The van der Waals surface area contributed by atoms with Crippen LogP contribution in [0.15, 0.2) is 76.0 Å². The molecular formula is C21H16BrN3OS2. The molecule has 4 nitrogen and oxygen atoms in total. The molecule has 0 bridgehead atoms. The van der Waals surface area contributed by atoms with E-state index in [9.17, 15) is 4.79 Å². The topological polar surface area (TPSA) is 54.9 Å². The van der Waals surface area contributed by atoms with Crippen molar-refractivity contribution in [2.75, 3.05) is 0 Å². The normalized spacial score (nSPS) is 11.9. The molecule has 0 aliphatic rings. The van der Waals surface area contributed by atoms with Gasteiger partial charge in [-0.1, -0.05) is 36.4 Å². The van der Waals surface area contributed by atoms with Crippen molar-refractivity contribution in [2.24, 2.45) is 0 Å². The van der Waals surface area contributed by atoms with Crippen LogP contribution in [0.5, 0.6) is 0 Å². The second kappa shape index (κ2) is 8.77. The Kier molecular flexibility index (Phi) is 5.95. The van der Waals surface area contributed by atoms with Gasteiger partial charge in [0.25, 0.3) is 0 Å². The zero-order valence-corrected chi connectivity index (χ0v) is 17.9. The Hall–Kier alpha value is -2.35. The lowest BCUT2D eigenvalue weighted by Crippen LogP contribution is -2.31. The van der Waals surface area contributed by atoms with Crippen LogP contribution in [0.3, 0.4) is 0 Å². The van der Waals surface area contributed by atoms with Crippen LogP contribution in [0.2, 0.25) is 0 Å². The van der Waals surface area contributed by atoms with Crippen molar-refractivity contribution < 1.29 is 4.79 Å². The highest BCUT2D eigenvalue weighted by Gasteiger charge is 2.19. The third kappa shape index (κ3) is 4.55. The largest absolute Gasteiger partial charge is 0.343 e. The third-order valence-corrected chi connectivity index (χ3v) is 6.84. The summed E-state index contributed by atoms with van der Waals surface area (Å²) in [5.74, 6) is -0.0799. The maximum absolute atomic E-state index is 12.7. The molecule has 3 heterocycles. The van der Waals surface area contributed by atoms with Crippen molar-refractivity contribution in [1.29, 1.82) is 0 Å². The van der Waals surface area contributed by atoms with Crippen LogP contribution in [0.25, 0.3) is 9.88 Å². The molecule has 0 radical (unpaired) electrons. The fourth-order valence-electron chi connectivity index (χ4n) is 2.82. The highest BCUT2D eigenvalue weighted by molar-refractivity contribution is 9.10. The Labute approximate surface area is 179 Å². The van der Waals surface area contributed by atoms with Crippen molar-refractivity contribution in [3.63, 3.8) is 0 Å². The molecule has 4 rings (SSSR count). The first kappa shape index (κ1) is 19.0. The Morgan fingerprint density at radius 3 is 2.61 bits per heavy atom. The highest BCUT2D eigenvalue weighted by atomic mass is 79.9. The molecule has 0 saturated carbocycles. The van der Waals surface area contributed by atoms with Crippen molar-refractivity contribution in [1.82, 2.24) is 15.3 Å². The molecule has 0 aliphatic heterocycles. The zero-order valence-electron chi connectivity index (χ0n) is 14.7. The number of thiazole rings is 1. The van der Waals surface area contributed by atoms with Gasteiger partial charge in [0.1, 0.15) is 5.01 Å². The van der Waals surface area contributed by atoms with E-state index in [0.717, 1.165) is 31.3 Å². The van der Waals surface area contributed by atoms with Crippen LogP contribution in [0.1, 0.15) is 23.0 Å². The maximum Gasteiger partial charge on any atom is 0.226 e. The van der Waals surface area contributed by atoms with Gasteiger partial charge in [-0.25, -0.2) is 4.98 Å². The molecule has 0 saturated heterocycles. The zero-order chi connectivity index (χ0) is 19.3. The van der Waals surface area contributed by atoms with Gasteiger partial charge in [-0.3, -0.25) is 9.78 Å². The van der Waals surface area contributed by atoms with Gasteiger partial charge in [0, 0.05) is 21.4 Å². The summed E-state index contributed by atoms with van der Waals surface area (Å²) >= 11 is 6.65. The first-order valence-electron chi connectivity index (χ1n) is 8.63. The van der Waals surface area contributed by atoms with E-state index in [4.69, 9.17) is 0 Å². The number of amides is 1. The summed E-state index contributed by atoms with van der Waals surface area (Å²) in [5, 5.41) is 8.02. The van der Waals surface area contributed by atoms with E-state index in [-0.39, 0.29) is 18.4 Å². The summed E-state index contributed by atoms with van der Waals surface area (Å²) < 4.78 is 1.04. The number of halogens is 1. The number of nitrogens with zero attached hydrogens (tertiary/aromatic N) is 2. The van der Waals surface area contributed by atoms with Gasteiger partial charge in [-0.2, -0.15) is 0 Å². The van der Waals surface area contributed by atoms with Crippen LogP contribution in [0, 0.1) is 0 Å². The lowest BCUT2D eigenvalue weighted by molar-refractivity contribution is -0.121. The number of thiophene rings is 1. The predicted octanol–water partition coefficient (Wildman–Crippen LogP) is 5.48. The Balaban J connectivity index is 1.50. The molecule has 7 heteroatoms. The smallest absolute Gasteiger partial charge is 0.226 e. The van der Waals surface area contributed by atoms with Gasteiger partial charge in [-0.05, 0) is 39.7 Å². The maximum atomic E-state index is 12.7. The average molecular weight is 470 g/mol. The van der Waals surface area contributed by atoms with Crippen LogP contribution < -0.4 is 5.32 Å². The van der Waals surface area contributed by atoms with E-state index >= 15 is 0 Å². The highest BCUT2D eigenvalue weighted by Crippen LogP contribution is 2.32. The monoisotopic (exact) mass is 469 g/mol. The first-order chi connectivity index (χ1) is 13.7. The van der Waals surface area contributed by atoms with Crippen LogP contribution in [-0.4, -0.2) is 15.9 Å². The quantitative estimate of drug-likeness (QED) is 0.406. The van der Waals surface area contributed by atoms with Crippen LogP contribution >= 0.6 is 38.6 Å². The van der Waals surface area contributed by atoms with Gasteiger partial charge >= 0.3 is 0 Å². The first-order valence-corrected chi connectivity index (χ1v) is 11.2. The minimum atomic E-state index is -0.291. The molecule has 28 heavy (non-hydrogen) atoms. The summed E-state index contributed by atoms with van der Waals surface area (Å²) in [7, 11) is 0. The number of hydrogen-bond donors (Lipinski definition) is 1. The fraction of sp³-hybridized carbons (Fsp3) is 0.0952. The third-order valence-electron chi connectivity index (χ3n) is 4.09. The SMILES string of the molecule is O=C(Cc1csc(-c2cc(Br)cs2)n1)NC(c1ccccc1)c1ccccn1. The van der Waals surface area contributed by atoms with E-state index in [1.807, 2.05) is 65.4 Å². The Morgan fingerprint density at radius 2 is 1.89 bits per heavy atom. The fourth-order valence-corrected chi connectivity index (χ4v) is 5.15. The van der Waals surface area contributed by atoms with Gasteiger partial charge in [0.2, 0.25) is 5.91 Å². The van der Waals surface area contributed by atoms with Crippen molar-refractivity contribution in [2.45, 2.75) is 12.5 Å². The van der Waals surface area contributed by atoms with Gasteiger partial charge in [0.05, 0.1) is 28.7 Å². The molecule has 1 aromatic carbocycles. The molecule has 0 aliphatic carbocycles. The minimum Gasteiger partial charge on any atom is -0.343 e. The second-order valence-electron chi connectivity index (χ2n) is 6.12. The molecule has 1 unspecified atom stereocenters. The standard InChI is InChI=1S/C21H16BrN3OS2/c22-15-10-18(27-12-15)21-24-16(13-28-21)11-19(26)25-20(14-6-2-1-3-7-14)17-8-4-5-9-23-17/h1-10,12-13,20H,11H2,(H,25,26). The van der Waals surface area contributed by atoms with Gasteiger partial charge in [-0.15, -0.1) is 22.7 Å². The van der Waals surface area contributed by atoms with Crippen LogP contribution in [-0.2, 0) is 11.2 Å². The van der Waals surface area contributed by atoms with Crippen molar-refractivity contribution in [3.05, 3.63) is 93.0 Å². The van der Waals surface area contributed by atoms with E-state index in [0.29, 0.717) is 0 Å². The molecule has 0 spiro atoms. The number of benzene rings is 1. The molecule has 1 N–H and O–H groups in total. The van der Waals surface area contributed by atoms with E-state index in [2.05, 4.69) is 31.2 Å². The number of carbonyl (C=O) groups is 1. The van der Waals surface area contributed by atoms with Crippen LogP contribution in [0.4, 0.5) is 0 Å². The molecule has 1 atom stereocenters. The van der Waals surface area contributed by atoms with Crippen molar-refractivity contribution >= 4 is 44.5 Å². The number of rotatable bonds is 6. The molecule has 0 fully saturated rings. The van der Waals surface area contributed by atoms with Gasteiger partial charge < -0.3 is 5.32 Å². The van der Waals surface area contributed by atoms with E-state index in [1.165, 1.54) is 0 Å². The Morgan fingerprint density at radius 1 is 1.07 bits per heavy atom. The van der Waals surface area contributed by atoms with Crippen molar-refractivity contribution in [3.8, 4) is 9.88 Å². The summed E-state index contributed by atoms with van der Waals surface area (Å²) in [6.07, 6.45) is 1.97. The number of carbonyl (C=O) groups excluding carboxylic acids is 1. The summed E-state index contributed by atoms with van der Waals surface area (Å²) in [4.78, 5) is 22.9. The molecule has 3 aromatic heterocycles. The number of hydrogen-bond acceptors (Lipinski definition) is 5. The number of nitrogens with one attached hydrogen (secondary N) is 1. The Bertz CT molecular complexity index is 1020. The lowest BCUT2D eigenvalue weighted by Gasteiger charge is -2.18. The van der Waals surface area contributed by atoms with E-state index in [1.54, 1.807) is 28.9 Å². The van der Waals surface area contributed by atoms with Gasteiger partial charge in [0.15, 0.2) is 0 Å². The molecule has 1 amide bonds. The molecule has 4 aromatic rings. The predicted molar refractivity (Wildman–Crippen MR) is 117 cm³/mol. The molecule has 140 valence electrons. The molecular weight excluding hydrogens is 454 g/mol. The summed E-state index contributed by atoms with van der Waals surface area (Å²) in [6.45, 7) is 0. The average Bonchev–Trinajstić information content (AvgIpc) is 3.36. The summed E-state index contributed by atoms with van der Waals surface area (Å²) in [6, 6.07) is 17.3. The number of aromatic nitrogens is 2. The van der Waals surface area contributed by atoms with E-state index < -0.39 is 0 Å². The lowest BCUT2D eigenvalue weighted by atomic mass is 10.0. The second-order valence-corrected chi connectivity index (χ2v) is 8.80.